The predicted molar refractivity (Wildman–Crippen MR) is 185 cm³/mol. The molecular formula is C39H46Br2N2O7Zn. The Balaban J connectivity index is 0.00000300. The van der Waals surface area contributed by atoms with Crippen LogP contribution in [0.15, 0.2) is 91.0 Å². The van der Waals surface area contributed by atoms with Gasteiger partial charge in [0.15, 0.2) is 6.61 Å². The second kappa shape index (κ2) is 21.5. The molecule has 0 saturated carbocycles. The van der Waals surface area contributed by atoms with E-state index in [0.717, 1.165) is 46.1 Å². The number of rotatable bonds is 14. The number of nitrogens with zero attached hydrogens (tertiary/aromatic N) is 1. The summed E-state index contributed by atoms with van der Waals surface area (Å²) in [5.74, 6) is 0.921. The average Bonchev–Trinajstić information content (AvgIpc) is 3.07. The molecule has 9 nitrogen and oxygen atoms in total. The molecule has 270 valence electrons. The first-order valence-electron chi connectivity index (χ1n) is 16.5. The Morgan fingerprint density at radius 3 is 2.29 bits per heavy atom. The number of amides is 2. The van der Waals surface area contributed by atoms with Crippen molar-refractivity contribution in [1.82, 2.24) is 4.90 Å². The van der Waals surface area contributed by atoms with E-state index >= 15 is 0 Å². The summed E-state index contributed by atoms with van der Waals surface area (Å²) < 4.78 is 29.7. The topological polar surface area (TPSA) is 110 Å². The van der Waals surface area contributed by atoms with Crippen LogP contribution in [0.1, 0.15) is 56.2 Å². The SMILES string of the molecule is CC(C)(C)OC(=O)N1CCC(c2ccc(OCCCOCc3ccccc3)cc2)C(OCc2ccc3cccc(OCC(N)=O)c3c2)C1.[Br-].[Br-].[Zn+2]. The fraction of sp³-hybridized carbons (Fsp3) is 0.385. The number of hydrogen-bond donors (Lipinski definition) is 1. The molecule has 0 spiro atoms. The third kappa shape index (κ3) is 13.8. The number of hydrogen-bond acceptors (Lipinski definition) is 7. The van der Waals surface area contributed by atoms with Crippen LogP contribution in [-0.2, 0) is 51.7 Å². The number of carbonyl (C=O) groups excluding carboxylic acids is 2. The molecular weight excluding hydrogens is 834 g/mol. The maximum atomic E-state index is 13.0. The zero-order chi connectivity index (χ0) is 33.9. The molecule has 2 atom stereocenters. The quantitative estimate of drug-likeness (QED) is 0.149. The molecule has 2 N–H and O–H groups in total. The molecule has 2 amide bonds. The van der Waals surface area contributed by atoms with Crippen LogP contribution in [0.4, 0.5) is 4.79 Å². The largest absolute Gasteiger partial charge is 2.00 e. The van der Waals surface area contributed by atoms with Gasteiger partial charge in [-0.3, -0.25) is 4.79 Å². The first-order valence-corrected chi connectivity index (χ1v) is 16.5. The van der Waals surface area contributed by atoms with Crippen molar-refractivity contribution in [3.05, 3.63) is 108 Å². The molecule has 0 bridgehead atoms. The van der Waals surface area contributed by atoms with Crippen molar-refractivity contribution in [1.29, 1.82) is 0 Å². The summed E-state index contributed by atoms with van der Waals surface area (Å²) >= 11 is 0. The number of ether oxygens (including phenoxy) is 5. The van der Waals surface area contributed by atoms with Crippen LogP contribution in [0.2, 0.25) is 0 Å². The molecule has 4 aromatic rings. The van der Waals surface area contributed by atoms with Crippen molar-refractivity contribution >= 4 is 22.8 Å². The summed E-state index contributed by atoms with van der Waals surface area (Å²) in [5, 5.41) is 1.85. The Kier molecular flexibility index (Phi) is 18.6. The van der Waals surface area contributed by atoms with Crippen LogP contribution < -0.4 is 49.2 Å². The van der Waals surface area contributed by atoms with Crippen LogP contribution in [0.5, 0.6) is 11.5 Å². The molecule has 1 aliphatic rings. The zero-order valence-electron chi connectivity index (χ0n) is 29.5. The van der Waals surface area contributed by atoms with Gasteiger partial charge >= 0.3 is 25.6 Å². The minimum absolute atomic E-state index is 0. The number of piperidine rings is 1. The average molecular weight is 880 g/mol. The van der Waals surface area contributed by atoms with Crippen molar-refractivity contribution in [2.75, 3.05) is 32.9 Å². The number of primary amides is 1. The van der Waals surface area contributed by atoms with Gasteiger partial charge in [-0.05, 0) is 73.5 Å². The number of halogens is 2. The molecule has 1 heterocycles. The summed E-state index contributed by atoms with van der Waals surface area (Å²) in [5.41, 5.74) is 7.95. The Labute approximate surface area is 334 Å². The van der Waals surface area contributed by atoms with E-state index in [9.17, 15) is 9.59 Å². The van der Waals surface area contributed by atoms with Crippen molar-refractivity contribution < 1.29 is 86.7 Å². The molecule has 1 aliphatic heterocycles. The second-order valence-corrected chi connectivity index (χ2v) is 13.0. The van der Waals surface area contributed by atoms with E-state index in [4.69, 9.17) is 29.4 Å². The molecule has 12 heteroatoms. The standard InChI is InChI=1S/C39H46N2O7.2BrH.Zn/c1-39(2,3)48-38(43)41-20-19-33(31-15-17-32(18-16-31)45-22-8-21-44-25-28-9-5-4-6-10-28)36(24-41)46-26-29-13-14-30-11-7-12-35(34(30)23-29)47-27-37(40)42;;;/h4-7,9-18,23,33,36H,8,19-22,24-27H2,1-3H3,(H2,40,42);2*1H;/q;;;+2/p-2. The van der Waals surface area contributed by atoms with Gasteiger partial charge in [0.05, 0.1) is 39.1 Å². The Morgan fingerprint density at radius 1 is 0.843 bits per heavy atom. The number of fused-ring (bicyclic) bond motifs is 1. The summed E-state index contributed by atoms with van der Waals surface area (Å²) in [6, 6.07) is 30.0. The number of benzene rings is 4. The third-order valence-corrected chi connectivity index (χ3v) is 8.07. The molecule has 0 aliphatic carbocycles. The van der Waals surface area contributed by atoms with Crippen LogP contribution in [0.25, 0.3) is 10.8 Å². The van der Waals surface area contributed by atoms with Crippen LogP contribution >= 0.6 is 0 Å². The van der Waals surface area contributed by atoms with Crippen molar-refractivity contribution in [2.45, 2.75) is 64.4 Å². The molecule has 51 heavy (non-hydrogen) atoms. The van der Waals surface area contributed by atoms with E-state index in [-0.39, 0.29) is 78.2 Å². The zero-order valence-corrected chi connectivity index (χ0v) is 35.7. The summed E-state index contributed by atoms with van der Waals surface area (Å²) in [7, 11) is 0. The van der Waals surface area contributed by atoms with Gasteiger partial charge in [-0.15, -0.1) is 0 Å². The third-order valence-electron chi connectivity index (χ3n) is 8.07. The Bertz CT molecular complexity index is 1660. The van der Waals surface area contributed by atoms with Crippen LogP contribution in [0, 0.1) is 0 Å². The fourth-order valence-corrected chi connectivity index (χ4v) is 5.74. The maximum absolute atomic E-state index is 13.0. The van der Waals surface area contributed by atoms with E-state index < -0.39 is 11.5 Å². The monoisotopic (exact) mass is 876 g/mol. The van der Waals surface area contributed by atoms with Gasteiger partial charge in [-0.25, -0.2) is 4.79 Å². The van der Waals surface area contributed by atoms with E-state index in [2.05, 4.69) is 24.3 Å². The minimum atomic E-state index is -0.590. The van der Waals surface area contributed by atoms with Crippen molar-refractivity contribution in [3.8, 4) is 11.5 Å². The van der Waals surface area contributed by atoms with E-state index in [1.807, 2.05) is 87.5 Å². The molecule has 4 aromatic carbocycles. The molecule has 1 fully saturated rings. The summed E-state index contributed by atoms with van der Waals surface area (Å²) in [6.07, 6.45) is 0.914. The molecule has 1 saturated heterocycles. The molecule has 0 radical (unpaired) electrons. The van der Waals surface area contributed by atoms with Gasteiger partial charge in [-0.2, -0.15) is 0 Å². The van der Waals surface area contributed by atoms with Gasteiger partial charge in [0.2, 0.25) is 0 Å². The molecule has 5 rings (SSSR count). The van der Waals surface area contributed by atoms with Gasteiger partial charge in [-0.1, -0.05) is 66.7 Å². The first kappa shape index (κ1) is 44.1. The van der Waals surface area contributed by atoms with Gasteiger partial charge < -0.3 is 68.3 Å². The van der Waals surface area contributed by atoms with Crippen molar-refractivity contribution in [3.63, 3.8) is 0 Å². The Hall–Kier alpha value is -3.02. The second-order valence-electron chi connectivity index (χ2n) is 13.0. The molecule has 0 aromatic heterocycles. The smallest absolute Gasteiger partial charge is 1.00 e. The first-order chi connectivity index (χ1) is 23.1. The Morgan fingerprint density at radius 2 is 1.59 bits per heavy atom. The van der Waals surface area contributed by atoms with Gasteiger partial charge in [0.1, 0.15) is 17.1 Å². The number of nitrogens with two attached hydrogens (primary N) is 1. The van der Waals surface area contributed by atoms with Crippen molar-refractivity contribution in [2.24, 2.45) is 5.73 Å². The minimum Gasteiger partial charge on any atom is -1.00 e. The molecule has 2 unspecified atom stereocenters. The van der Waals surface area contributed by atoms with E-state index in [1.165, 1.54) is 0 Å². The predicted octanol–water partition coefficient (Wildman–Crippen LogP) is 1.00. The van der Waals surface area contributed by atoms with Crippen LogP contribution in [0.3, 0.4) is 0 Å². The summed E-state index contributed by atoms with van der Waals surface area (Å²) in [4.78, 5) is 26.1. The number of carbonyl (C=O) groups is 2. The normalized spacial score (nSPS) is 15.5. The van der Waals surface area contributed by atoms with Gasteiger partial charge in [0.25, 0.3) is 5.91 Å². The summed E-state index contributed by atoms with van der Waals surface area (Å²) in [6.45, 7) is 8.50. The van der Waals surface area contributed by atoms with E-state index in [0.29, 0.717) is 45.3 Å². The maximum Gasteiger partial charge on any atom is 2.00 e. The van der Waals surface area contributed by atoms with Crippen LogP contribution in [-0.4, -0.2) is 61.5 Å². The fourth-order valence-electron chi connectivity index (χ4n) is 5.74. The van der Waals surface area contributed by atoms with E-state index in [1.54, 1.807) is 4.90 Å². The van der Waals surface area contributed by atoms with Gasteiger partial charge in [0, 0.05) is 24.3 Å². The number of likely N-dealkylation sites (tertiary alicyclic amines) is 1.